The number of carbonyl (C=O) groups excluding carboxylic acids is 1. The largest absolute Gasteiger partial charge is 0.379 e. The molecule has 1 saturated heterocycles. The molecule has 2 N–H and O–H groups in total. The molecule has 1 aromatic heterocycles. The topological polar surface area (TPSA) is 71.4 Å². The Bertz CT molecular complexity index is 626. The molecule has 0 aliphatic carbocycles. The maximum Gasteiger partial charge on any atom is 0.314 e. The normalized spacial score (nSPS) is 16.3. The van der Waals surface area contributed by atoms with Crippen LogP contribution in [0, 0.1) is 0 Å². The first-order valence-corrected chi connectivity index (χ1v) is 8.67. The van der Waals surface area contributed by atoms with E-state index in [1.54, 1.807) is 12.5 Å². The molecule has 3 rings (SSSR count). The molecule has 0 saturated carbocycles. The molecule has 0 radical (unpaired) electrons. The summed E-state index contributed by atoms with van der Waals surface area (Å²) in [4.78, 5) is 18.4. The summed E-state index contributed by atoms with van der Waals surface area (Å²) in [5.74, 6) is 0. The summed E-state index contributed by atoms with van der Waals surface area (Å²) >= 11 is 0. The van der Waals surface area contributed by atoms with Gasteiger partial charge in [0.05, 0.1) is 25.6 Å². The Kier molecular flexibility index (Phi) is 6.42. The number of amides is 2. The lowest BCUT2D eigenvalue weighted by molar-refractivity contribution is 0.0167. The highest BCUT2D eigenvalue weighted by molar-refractivity contribution is 5.73. The van der Waals surface area contributed by atoms with Crippen LogP contribution in [0.15, 0.2) is 49.1 Å². The second-order valence-electron chi connectivity index (χ2n) is 6.01. The van der Waals surface area contributed by atoms with Crippen LogP contribution in [0.5, 0.6) is 0 Å². The summed E-state index contributed by atoms with van der Waals surface area (Å²) in [6.07, 6.45) is 5.35. The first-order valence-electron chi connectivity index (χ1n) is 8.67. The van der Waals surface area contributed by atoms with Gasteiger partial charge in [0.1, 0.15) is 0 Å². The fourth-order valence-corrected chi connectivity index (χ4v) is 2.99. The van der Waals surface area contributed by atoms with Crippen molar-refractivity contribution in [1.29, 1.82) is 0 Å². The summed E-state index contributed by atoms with van der Waals surface area (Å²) in [6.45, 7) is 5.07. The van der Waals surface area contributed by atoms with Gasteiger partial charge in [-0.3, -0.25) is 4.90 Å². The number of nitrogens with zero attached hydrogens (tertiary/aromatic N) is 3. The van der Waals surface area contributed by atoms with Gasteiger partial charge in [-0.15, -0.1) is 0 Å². The Morgan fingerprint density at radius 2 is 2.00 bits per heavy atom. The van der Waals surface area contributed by atoms with Crippen LogP contribution in [0.2, 0.25) is 0 Å². The number of hydrogen-bond acceptors (Lipinski definition) is 4. The second-order valence-corrected chi connectivity index (χ2v) is 6.01. The average molecular weight is 343 g/mol. The molecule has 0 bridgehead atoms. The highest BCUT2D eigenvalue weighted by Gasteiger charge is 2.22. The molecule has 0 spiro atoms. The van der Waals surface area contributed by atoms with E-state index in [4.69, 9.17) is 4.74 Å². The molecular weight excluding hydrogens is 318 g/mol. The molecule has 1 fully saturated rings. The number of imidazole rings is 1. The van der Waals surface area contributed by atoms with E-state index in [-0.39, 0.29) is 12.1 Å². The fraction of sp³-hybridized carbons (Fsp3) is 0.444. The Labute approximate surface area is 148 Å². The van der Waals surface area contributed by atoms with E-state index in [2.05, 4.69) is 32.7 Å². The van der Waals surface area contributed by atoms with Gasteiger partial charge in [0.15, 0.2) is 0 Å². The van der Waals surface area contributed by atoms with Gasteiger partial charge in [0, 0.05) is 45.1 Å². The molecule has 2 amide bonds. The third-order valence-corrected chi connectivity index (χ3v) is 4.34. The minimum atomic E-state index is -0.144. The van der Waals surface area contributed by atoms with Gasteiger partial charge < -0.3 is 19.9 Å². The second kappa shape index (κ2) is 9.19. The summed E-state index contributed by atoms with van der Waals surface area (Å²) in [5, 5.41) is 5.89. The van der Waals surface area contributed by atoms with Gasteiger partial charge >= 0.3 is 6.03 Å². The first-order chi connectivity index (χ1) is 12.3. The number of nitrogens with one attached hydrogen (secondary N) is 2. The van der Waals surface area contributed by atoms with Crippen molar-refractivity contribution >= 4 is 6.03 Å². The Morgan fingerprint density at radius 3 is 2.72 bits per heavy atom. The van der Waals surface area contributed by atoms with E-state index in [0.717, 1.165) is 26.3 Å². The summed E-state index contributed by atoms with van der Waals surface area (Å²) in [7, 11) is 0. The molecule has 7 heteroatoms. The lowest BCUT2D eigenvalue weighted by Gasteiger charge is -2.34. The van der Waals surface area contributed by atoms with E-state index < -0.39 is 0 Å². The van der Waals surface area contributed by atoms with E-state index in [1.165, 1.54) is 5.56 Å². The minimum Gasteiger partial charge on any atom is -0.379 e. The van der Waals surface area contributed by atoms with Crippen LogP contribution in [-0.4, -0.2) is 59.9 Å². The number of benzene rings is 1. The molecule has 1 atom stereocenters. The zero-order valence-corrected chi connectivity index (χ0v) is 14.3. The highest BCUT2D eigenvalue weighted by atomic mass is 16.5. The molecule has 2 heterocycles. The zero-order valence-electron chi connectivity index (χ0n) is 14.3. The maximum atomic E-state index is 12.1. The Morgan fingerprint density at radius 1 is 1.20 bits per heavy atom. The standard InChI is InChI=1S/C18H25N5O2/c24-18(20-7-9-22-8-6-19-15-22)21-14-17(16-4-2-1-3-5-16)23-10-12-25-13-11-23/h1-6,8,15,17H,7,9-14H2,(H2,20,21,24). The van der Waals surface area contributed by atoms with Crippen LogP contribution in [0.25, 0.3) is 0 Å². The van der Waals surface area contributed by atoms with Crippen LogP contribution >= 0.6 is 0 Å². The summed E-state index contributed by atoms with van der Waals surface area (Å²) in [5.41, 5.74) is 1.21. The predicted octanol–water partition coefficient (Wildman–Crippen LogP) is 1.26. The van der Waals surface area contributed by atoms with Crippen molar-refractivity contribution in [2.24, 2.45) is 0 Å². The van der Waals surface area contributed by atoms with Crippen LogP contribution in [0.3, 0.4) is 0 Å². The highest BCUT2D eigenvalue weighted by Crippen LogP contribution is 2.20. The van der Waals surface area contributed by atoms with Gasteiger partial charge in [-0.05, 0) is 5.56 Å². The quantitative estimate of drug-likeness (QED) is 0.794. The molecule has 1 aliphatic heterocycles. The van der Waals surface area contributed by atoms with Crippen LogP contribution in [-0.2, 0) is 11.3 Å². The van der Waals surface area contributed by atoms with Gasteiger partial charge in [-0.2, -0.15) is 0 Å². The number of aromatic nitrogens is 2. The number of urea groups is 1. The number of rotatable bonds is 7. The lowest BCUT2D eigenvalue weighted by Crippen LogP contribution is -2.46. The zero-order chi connectivity index (χ0) is 17.3. The van der Waals surface area contributed by atoms with Crippen molar-refractivity contribution in [2.75, 3.05) is 39.4 Å². The number of carbonyl (C=O) groups is 1. The third kappa shape index (κ3) is 5.30. The Hall–Kier alpha value is -2.38. The van der Waals surface area contributed by atoms with Crippen LogP contribution in [0.1, 0.15) is 11.6 Å². The van der Waals surface area contributed by atoms with Crippen molar-refractivity contribution in [3.63, 3.8) is 0 Å². The molecule has 25 heavy (non-hydrogen) atoms. The SMILES string of the molecule is O=C(NCCn1ccnc1)NCC(c1ccccc1)N1CCOCC1. The summed E-state index contributed by atoms with van der Waals surface area (Å²) in [6, 6.07) is 10.3. The molecule has 1 aliphatic rings. The van der Waals surface area contributed by atoms with Crippen LogP contribution in [0.4, 0.5) is 4.79 Å². The van der Waals surface area contributed by atoms with E-state index in [9.17, 15) is 4.79 Å². The minimum absolute atomic E-state index is 0.144. The van der Waals surface area contributed by atoms with Gasteiger partial charge in [-0.25, -0.2) is 9.78 Å². The molecule has 2 aromatic rings. The van der Waals surface area contributed by atoms with Crippen molar-refractivity contribution in [2.45, 2.75) is 12.6 Å². The van der Waals surface area contributed by atoms with E-state index >= 15 is 0 Å². The predicted molar refractivity (Wildman–Crippen MR) is 95.2 cm³/mol. The summed E-state index contributed by atoms with van der Waals surface area (Å²) < 4.78 is 7.38. The van der Waals surface area contributed by atoms with Crippen molar-refractivity contribution in [1.82, 2.24) is 25.1 Å². The van der Waals surface area contributed by atoms with Crippen molar-refractivity contribution in [3.05, 3.63) is 54.6 Å². The monoisotopic (exact) mass is 343 g/mol. The average Bonchev–Trinajstić information content (AvgIpc) is 3.17. The van der Waals surface area contributed by atoms with Crippen molar-refractivity contribution < 1.29 is 9.53 Å². The van der Waals surface area contributed by atoms with Gasteiger partial charge in [0.2, 0.25) is 0 Å². The van der Waals surface area contributed by atoms with Gasteiger partial charge in [-0.1, -0.05) is 30.3 Å². The molecule has 1 unspecified atom stereocenters. The number of morpholine rings is 1. The van der Waals surface area contributed by atoms with Crippen molar-refractivity contribution in [3.8, 4) is 0 Å². The molecule has 1 aromatic carbocycles. The van der Waals surface area contributed by atoms with Gasteiger partial charge in [0.25, 0.3) is 0 Å². The van der Waals surface area contributed by atoms with Crippen LogP contribution < -0.4 is 10.6 Å². The Balaban J connectivity index is 1.50. The maximum absolute atomic E-state index is 12.1. The number of hydrogen-bond donors (Lipinski definition) is 2. The fourth-order valence-electron chi connectivity index (χ4n) is 2.99. The molecule has 134 valence electrons. The lowest BCUT2D eigenvalue weighted by atomic mass is 10.0. The molecule has 7 nitrogen and oxygen atoms in total. The smallest absolute Gasteiger partial charge is 0.314 e. The third-order valence-electron chi connectivity index (χ3n) is 4.34. The van der Waals surface area contributed by atoms with E-state index in [0.29, 0.717) is 19.6 Å². The first kappa shape index (κ1) is 17.4. The van der Waals surface area contributed by atoms with E-state index in [1.807, 2.05) is 29.0 Å². The number of ether oxygens (including phenoxy) is 1. The molecular formula is C18H25N5O2.